The van der Waals surface area contributed by atoms with Gasteiger partial charge in [0.25, 0.3) is 0 Å². The minimum atomic E-state index is -0.158. The first-order valence-electron chi connectivity index (χ1n) is 3.02. The van der Waals surface area contributed by atoms with Crippen LogP contribution in [0.5, 0.6) is 0 Å². The SMILES string of the molecule is CC[C@@](C)(N)CCO. The van der Waals surface area contributed by atoms with Crippen molar-refractivity contribution in [2.75, 3.05) is 6.61 Å². The summed E-state index contributed by atoms with van der Waals surface area (Å²) in [5.74, 6) is 0. The van der Waals surface area contributed by atoms with Crippen molar-refractivity contribution in [3.63, 3.8) is 0 Å². The first-order chi connectivity index (χ1) is 3.62. The van der Waals surface area contributed by atoms with Crippen LogP contribution in [0, 0.1) is 0 Å². The fraction of sp³-hybridized carbons (Fsp3) is 1.00. The highest BCUT2D eigenvalue weighted by atomic mass is 16.3. The van der Waals surface area contributed by atoms with E-state index in [4.69, 9.17) is 10.8 Å². The van der Waals surface area contributed by atoms with Gasteiger partial charge in [-0.2, -0.15) is 0 Å². The van der Waals surface area contributed by atoms with E-state index in [1.54, 1.807) is 0 Å². The van der Waals surface area contributed by atoms with Gasteiger partial charge < -0.3 is 10.8 Å². The molecule has 0 aliphatic carbocycles. The van der Waals surface area contributed by atoms with Gasteiger partial charge in [0.1, 0.15) is 0 Å². The molecule has 0 heterocycles. The van der Waals surface area contributed by atoms with Crippen LogP contribution in [-0.2, 0) is 0 Å². The zero-order valence-electron chi connectivity index (χ0n) is 5.65. The van der Waals surface area contributed by atoms with Gasteiger partial charge >= 0.3 is 0 Å². The highest BCUT2D eigenvalue weighted by Crippen LogP contribution is 2.07. The normalized spacial score (nSPS) is 18.0. The van der Waals surface area contributed by atoms with Crippen molar-refractivity contribution in [1.82, 2.24) is 0 Å². The minimum absolute atomic E-state index is 0.158. The molecule has 0 saturated carbocycles. The van der Waals surface area contributed by atoms with Crippen molar-refractivity contribution in [1.29, 1.82) is 0 Å². The third-order valence-corrected chi connectivity index (χ3v) is 1.49. The molecule has 0 spiro atoms. The maximum atomic E-state index is 8.45. The molecule has 0 fully saturated rings. The van der Waals surface area contributed by atoms with Crippen molar-refractivity contribution < 1.29 is 5.11 Å². The van der Waals surface area contributed by atoms with E-state index in [9.17, 15) is 0 Å². The Labute approximate surface area is 50.7 Å². The lowest BCUT2D eigenvalue weighted by Crippen LogP contribution is -2.35. The third kappa shape index (κ3) is 2.99. The van der Waals surface area contributed by atoms with Gasteiger partial charge in [0.05, 0.1) is 0 Å². The summed E-state index contributed by atoms with van der Waals surface area (Å²) in [5.41, 5.74) is 5.51. The van der Waals surface area contributed by atoms with Gasteiger partial charge in [-0.25, -0.2) is 0 Å². The van der Waals surface area contributed by atoms with Crippen molar-refractivity contribution in [2.24, 2.45) is 5.73 Å². The Morgan fingerprint density at radius 3 is 2.25 bits per heavy atom. The molecule has 8 heavy (non-hydrogen) atoms. The lowest BCUT2D eigenvalue weighted by Gasteiger charge is -2.20. The highest BCUT2D eigenvalue weighted by molar-refractivity contribution is 4.74. The summed E-state index contributed by atoms with van der Waals surface area (Å²) in [6, 6.07) is 0. The van der Waals surface area contributed by atoms with Crippen molar-refractivity contribution in [3.05, 3.63) is 0 Å². The summed E-state index contributed by atoms with van der Waals surface area (Å²) in [6.45, 7) is 4.17. The average molecular weight is 117 g/mol. The maximum Gasteiger partial charge on any atom is 0.0448 e. The number of hydrogen-bond donors (Lipinski definition) is 2. The van der Waals surface area contributed by atoms with Crippen LogP contribution in [0.3, 0.4) is 0 Å². The molecule has 0 amide bonds. The second-order valence-electron chi connectivity index (χ2n) is 2.48. The summed E-state index contributed by atoms with van der Waals surface area (Å²) in [4.78, 5) is 0. The van der Waals surface area contributed by atoms with Crippen LogP contribution < -0.4 is 5.73 Å². The minimum Gasteiger partial charge on any atom is -0.396 e. The van der Waals surface area contributed by atoms with Gasteiger partial charge in [0.15, 0.2) is 0 Å². The monoisotopic (exact) mass is 117 g/mol. The summed E-state index contributed by atoms with van der Waals surface area (Å²) < 4.78 is 0. The zero-order chi connectivity index (χ0) is 6.62. The maximum absolute atomic E-state index is 8.45. The quantitative estimate of drug-likeness (QED) is 0.565. The van der Waals surface area contributed by atoms with Gasteiger partial charge in [-0.3, -0.25) is 0 Å². The molecule has 50 valence electrons. The van der Waals surface area contributed by atoms with Crippen LogP contribution in [0.4, 0.5) is 0 Å². The Kier molecular flexibility index (Phi) is 3.02. The van der Waals surface area contributed by atoms with E-state index in [-0.39, 0.29) is 12.1 Å². The van der Waals surface area contributed by atoms with E-state index < -0.39 is 0 Å². The van der Waals surface area contributed by atoms with Gasteiger partial charge in [-0.1, -0.05) is 6.92 Å². The Morgan fingerprint density at radius 1 is 1.62 bits per heavy atom. The van der Waals surface area contributed by atoms with Gasteiger partial charge in [-0.15, -0.1) is 0 Å². The molecular weight excluding hydrogens is 102 g/mol. The molecule has 0 unspecified atom stereocenters. The number of nitrogens with two attached hydrogens (primary N) is 1. The third-order valence-electron chi connectivity index (χ3n) is 1.49. The largest absolute Gasteiger partial charge is 0.396 e. The zero-order valence-corrected chi connectivity index (χ0v) is 5.65. The van der Waals surface area contributed by atoms with Crippen LogP contribution in [0.1, 0.15) is 26.7 Å². The summed E-state index contributed by atoms with van der Waals surface area (Å²) in [6.07, 6.45) is 1.62. The van der Waals surface area contributed by atoms with Crippen molar-refractivity contribution in [3.8, 4) is 0 Å². The number of hydrogen-bond acceptors (Lipinski definition) is 2. The molecular formula is C6H15NO. The number of aliphatic hydroxyl groups is 1. The molecule has 0 aliphatic rings. The fourth-order valence-electron chi connectivity index (χ4n) is 0.432. The Bertz CT molecular complexity index is 61.5. The van der Waals surface area contributed by atoms with Crippen molar-refractivity contribution in [2.45, 2.75) is 32.2 Å². The number of rotatable bonds is 3. The van der Waals surface area contributed by atoms with E-state index in [0.29, 0.717) is 6.42 Å². The van der Waals surface area contributed by atoms with Gasteiger partial charge in [0, 0.05) is 12.1 Å². The molecule has 0 radical (unpaired) electrons. The molecule has 1 atom stereocenters. The van der Waals surface area contributed by atoms with E-state index in [1.165, 1.54) is 0 Å². The van der Waals surface area contributed by atoms with E-state index in [0.717, 1.165) is 6.42 Å². The molecule has 0 aromatic carbocycles. The smallest absolute Gasteiger partial charge is 0.0448 e. The van der Waals surface area contributed by atoms with Crippen LogP contribution in [0.15, 0.2) is 0 Å². The average Bonchev–Trinajstić information content (AvgIpc) is 1.67. The molecule has 0 saturated heterocycles. The molecule has 3 N–H and O–H groups in total. The summed E-state index contributed by atoms with van der Waals surface area (Å²) in [7, 11) is 0. The van der Waals surface area contributed by atoms with E-state index in [1.807, 2.05) is 13.8 Å². The Morgan fingerprint density at radius 2 is 2.12 bits per heavy atom. The molecule has 0 bridgehead atoms. The molecule has 0 rings (SSSR count). The van der Waals surface area contributed by atoms with Crippen LogP contribution in [0.25, 0.3) is 0 Å². The van der Waals surface area contributed by atoms with Gasteiger partial charge in [0.2, 0.25) is 0 Å². The molecule has 2 nitrogen and oxygen atoms in total. The molecule has 2 heteroatoms. The van der Waals surface area contributed by atoms with Crippen LogP contribution >= 0.6 is 0 Å². The first kappa shape index (κ1) is 7.92. The van der Waals surface area contributed by atoms with Crippen molar-refractivity contribution >= 4 is 0 Å². The first-order valence-corrected chi connectivity index (χ1v) is 3.02. The fourth-order valence-corrected chi connectivity index (χ4v) is 0.432. The standard InChI is InChI=1S/C6H15NO/c1-3-6(2,7)4-5-8/h8H,3-5,7H2,1-2H3/t6-/m1/s1. The summed E-state index contributed by atoms with van der Waals surface area (Å²) in [5, 5.41) is 8.45. The van der Waals surface area contributed by atoms with Crippen LogP contribution in [-0.4, -0.2) is 17.3 Å². The predicted molar refractivity (Wildman–Crippen MR) is 34.6 cm³/mol. The topological polar surface area (TPSA) is 46.2 Å². The number of aliphatic hydroxyl groups excluding tert-OH is 1. The summed E-state index contributed by atoms with van der Waals surface area (Å²) >= 11 is 0. The van der Waals surface area contributed by atoms with Gasteiger partial charge in [-0.05, 0) is 19.8 Å². The van der Waals surface area contributed by atoms with E-state index >= 15 is 0 Å². The predicted octanol–water partition coefficient (Wildman–Crippen LogP) is 0.496. The van der Waals surface area contributed by atoms with E-state index in [2.05, 4.69) is 0 Å². The Balaban J connectivity index is 3.37. The molecule has 0 aromatic rings. The molecule has 0 aromatic heterocycles. The second-order valence-corrected chi connectivity index (χ2v) is 2.48. The highest BCUT2D eigenvalue weighted by Gasteiger charge is 2.12. The second kappa shape index (κ2) is 3.05. The lowest BCUT2D eigenvalue weighted by molar-refractivity contribution is 0.243. The van der Waals surface area contributed by atoms with Crippen LogP contribution in [0.2, 0.25) is 0 Å². The Hall–Kier alpha value is -0.0800. The lowest BCUT2D eigenvalue weighted by atomic mass is 9.97. The molecule has 0 aliphatic heterocycles.